The van der Waals surface area contributed by atoms with Crippen LogP contribution in [0.25, 0.3) is 0 Å². The quantitative estimate of drug-likeness (QED) is 0.333. The number of carbonyl (C=O) groups excluding carboxylic acids is 1. The zero-order valence-electron chi connectivity index (χ0n) is 10.9. The lowest BCUT2D eigenvalue weighted by Crippen LogP contribution is -2.39. The van der Waals surface area contributed by atoms with E-state index < -0.39 is 5.82 Å². The zero-order chi connectivity index (χ0) is 14.5. The average Bonchev–Trinajstić information content (AvgIpc) is 3.26. The molecule has 2 amide bonds. The maximum absolute atomic E-state index is 13.5. The summed E-state index contributed by atoms with van der Waals surface area (Å²) in [6.07, 6.45) is 2.11. The van der Waals surface area contributed by atoms with Gasteiger partial charge in [-0.3, -0.25) is 0 Å². The van der Waals surface area contributed by atoms with E-state index in [0.29, 0.717) is 6.54 Å². The monoisotopic (exact) mass is 280 g/mol. The molecular weight excluding hydrogens is 263 g/mol. The summed E-state index contributed by atoms with van der Waals surface area (Å²) in [6, 6.07) is 5.77. The van der Waals surface area contributed by atoms with Gasteiger partial charge in [-0.2, -0.15) is 0 Å². The smallest absolute Gasteiger partial charge is 0.322 e. The molecule has 1 fully saturated rings. The number of nitrogens with zero attached hydrogens (tertiary/aromatic N) is 2. The van der Waals surface area contributed by atoms with Crippen LogP contribution in [0.3, 0.4) is 0 Å². The van der Waals surface area contributed by atoms with E-state index in [4.69, 9.17) is 10.9 Å². The second-order valence-electron chi connectivity index (χ2n) is 4.68. The van der Waals surface area contributed by atoms with Crippen molar-refractivity contribution in [3.63, 3.8) is 0 Å². The highest BCUT2D eigenvalue weighted by Gasteiger charge is 2.32. The summed E-state index contributed by atoms with van der Waals surface area (Å²) in [6.45, 7) is 0.334. The molecule has 6 nitrogen and oxygen atoms in total. The van der Waals surface area contributed by atoms with E-state index in [-0.39, 0.29) is 30.0 Å². The number of hydrogen-bond acceptors (Lipinski definition) is 3. The second kappa shape index (κ2) is 6.23. The molecule has 0 bridgehead atoms. The number of amides is 2. The fraction of sp³-hybridized carbons (Fsp3) is 0.385. The van der Waals surface area contributed by atoms with Gasteiger partial charge in [0.2, 0.25) is 0 Å². The van der Waals surface area contributed by atoms with Crippen LogP contribution in [0.1, 0.15) is 19.3 Å². The van der Waals surface area contributed by atoms with Gasteiger partial charge in [0.1, 0.15) is 11.7 Å². The van der Waals surface area contributed by atoms with Gasteiger partial charge in [-0.25, -0.2) is 9.18 Å². The van der Waals surface area contributed by atoms with Gasteiger partial charge in [0.25, 0.3) is 0 Å². The van der Waals surface area contributed by atoms with Crippen molar-refractivity contribution < 1.29 is 14.4 Å². The highest BCUT2D eigenvalue weighted by atomic mass is 19.1. The summed E-state index contributed by atoms with van der Waals surface area (Å²) in [5.41, 5.74) is 5.55. The number of amidine groups is 1. The predicted octanol–water partition coefficient (Wildman–Crippen LogP) is 1.96. The molecule has 0 spiro atoms. The van der Waals surface area contributed by atoms with Crippen molar-refractivity contribution >= 4 is 17.6 Å². The number of hydrogen-bond donors (Lipinski definition) is 3. The Bertz CT molecular complexity index is 517. The van der Waals surface area contributed by atoms with Gasteiger partial charge >= 0.3 is 6.03 Å². The molecule has 20 heavy (non-hydrogen) atoms. The first-order valence-electron chi connectivity index (χ1n) is 6.40. The average molecular weight is 280 g/mol. The summed E-state index contributed by atoms with van der Waals surface area (Å²) < 4.78 is 13.5. The Morgan fingerprint density at radius 3 is 2.80 bits per heavy atom. The van der Waals surface area contributed by atoms with Crippen LogP contribution in [0.2, 0.25) is 0 Å². The van der Waals surface area contributed by atoms with Crippen molar-refractivity contribution in [3.05, 3.63) is 30.1 Å². The molecule has 0 saturated heterocycles. The van der Waals surface area contributed by atoms with Gasteiger partial charge in [0.15, 0.2) is 0 Å². The molecule has 1 aliphatic rings. The maximum atomic E-state index is 13.5. The lowest BCUT2D eigenvalue weighted by molar-refractivity contribution is 0.210. The molecule has 0 heterocycles. The lowest BCUT2D eigenvalue weighted by Gasteiger charge is -2.22. The molecule has 2 rings (SSSR count). The molecule has 4 N–H and O–H groups in total. The molecule has 108 valence electrons. The van der Waals surface area contributed by atoms with Gasteiger partial charge in [0, 0.05) is 19.0 Å². The number of anilines is 1. The van der Waals surface area contributed by atoms with Crippen molar-refractivity contribution in [2.75, 3.05) is 11.9 Å². The number of urea groups is 1. The standard InChI is InChI=1S/C13H17FN4O2/c14-10-3-1-2-4-11(10)16-13(19)18(9-5-6-9)8-7-12(15)17-20/h1-4,9,20H,5-8H2,(H2,15,17)(H,16,19). The van der Waals surface area contributed by atoms with Gasteiger partial charge in [-0.1, -0.05) is 17.3 Å². The third kappa shape index (κ3) is 3.59. The Balaban J connectivity index is 1.99. The number of nitrogens with two attached hydrogens (primary N) is 1. The molecule has 0 radical (unpaired) electrons. The van der Waals surface area contributed by atoms with Crippen molar-refractivity contribution in [1.82, 2.24) is 4.90 Å². The molecular formula is C13H17FN4O2. The highest BCUT2D eigenvalue weighted by Crippen LogP contribution is 2.27. The van der Waals surface area contributed by atoms with E-state index in [1.54, 1.807) is 17.0 Å². The molecule has 1 aliphatic carbocycles. The third-order valence-corrected chi connectivity index (χ3v) is 3.10. The minimum absolute atomic E-state index is 0.0642. The van der Waals surface area contributed by atoms with E-state index >= 15 is 0 Å². The fourth-order valence-corrected chi connectivity index (χ4v) is 1.87. The molecule has 1 saturated carbocycles. The molecule has 0 aliphatic heterocycles. The van der Waals surface area contributed by atoms with E-state index in [9.17, 15) is 9.18 Å². The van der Waals surface area contributed by atoms with Crippen LogP contribution in [0.5, 0.6) is 0 Å². The van der Waals surface area contributed by atoms with Crippen molar-refractivity contribution in [1.29, 1.82) is 0 Å². The van der Waals surface area contributed by atoms with Crippen molar-refractivity contribution in [2.24, 2.45) is 10.9 Å². The highest BCUT2D eigenvalue weighted by molar-refractivity contribution is 5.90. The van der Waals surface area contributed by atoms with E-state index in [1.165, 1.54) is 12.1 Å². The largest absolute Gasteiger partial charge is 0.409 e. The van der Waals surface area contributed by atoms with Crippen LogP contribution in [-0.4, -0.2) is 34.6 Å². The van der Waals surface area contributed by atoms with Gasteiger partial charge in [0.05, 0.1) is 5.69 Å². The van der Waals surface area contributed by atoms with Crippen molar-refractivity contribution in [3.8, 4) is 0 Å². The van der Waals surface area contributed by atoms with E-state index in [1.807, 2.05) is 0 Å². The van der Waals surface area contributed by atoms with E-state index in [2.05, 4.69) is 10.5 Å². The summed E-state index contributed by atoms with van der Waals surface area (Å²) in [5, 5.41) is 13.9. The number of oxime groups is 1. The van der Waals surface area contributed by atoms with Gasteiger partial charge < -0.3 is 21.2 Å². The van der Waals surface area contributed by atoms with Gasteiger partial charge in [-0.15, -0.1) is 0 Å². The number of rotatable bonds is 5. The fourth-order valence-electron chi connectivity index (χ4n) is 1.87. The molecule has 0 aromatic heterocycles. The predicted molar refractivity (Wildman–Crippen MR) is 73.2 cm³/mol. The summed E-state index contributed by atoms with van der Waals surface area (Å²) in [4.78, 5) is 13.7. The second-order valence-corrected chi connectivity index (χ2v) is 4.68. The minimum Gasteiger partial charge on any atom is -0.409 e. The number of carbonyl (C=O) groups is 1. The zero-order valence-corrected chi connectivity index (χ0v) is 10.9. The molecule has 7 heteroatoms. The number of nitrogens with one attached hydrogen (secondary N) is 1. The SMILES string of the molecule is NC(CCN(C(=O)Nc1ccccc1F)C1CC1)=NO. The normalized spacial score (nSPS) is 14.9. The summed E-state index contributed by atoms with van der Waals surface area (Å²) >= 11 is 0. The Hall–Kier alpha value is -2.31. The summed E-state index contributed by atoms with van der Waals surface area (Å²) in [5.74, 6) is -0.414. The van der Waals surface area contributed by atoms with Crippen LogP contribution in [-0.2, 0) is 0 Å². The first-order chi connectivity index (χ1) is 9.61. The Morgan fingerprint density at radius 1 is 1.50 bits per heavy atom. The number of halogens is 1. The first kappa shape index (κ1) is 14.1. The lowest BCUT2D eigenvalue weighted by atomic mass is 10.3. The third-order valence-electron chi connectivity index (χ3n) is 3.10. The van der Waals surface area contributed by atoms with Crippen molar-refractivity contribution in [2.45, 2.75) is 25.3 Å². The molecule has 0 atom stereocenters. The van der Waals surface area contributed by atoms with E-state index in [0.717, 1.165) is 12.8 Å². The molecule has 1 aromatic carbocycles. The molecule has 0 unspecified atom stereocenters. The maximum Gasteiger partial charge on any atom is 0.322 e. The Labute approximate surface area is 116 Å². The summed E-state index contributed by atoms with van der Waals surface area (Å²) in [7, 11) is 0. The Kier molecular flexibility index (Phi) is 4.39. The van der Waals surface area contributed by atoms with Crippen LogP contribution < -0.4 is 11.1 Å². The van der Waals surface area contributed by atoms with Crippen LogP contribution >= 0.6 is 0 Å². The van der Waals surface area contributed by atoms with Gasteiger partial charge in [-0.05, 0) is 25.0 Å². The number of para-hydroxylation sites is 1. The van der Waals surface area contributed by atoms with Crippen LogP contribution in [0.15, 0.2) is 29.4 Å². The minimum atomic E-state index is -0.479. The van der Waals surface area contributed by atoms with Crippen LogP contribution in [0.4, 0.5) is 14.9 Å². The molecule has 1 aromatic rings. The topological polar surface area (TPSA) is 91.0 Å². The number of benzene rings is 1. The Morgan fingerprint density at radius 2 is 2.20 bits per heavy atom. The van der Waals surface area contributed by atoms with Crippen LogP contribution in [0, 0.1) is 5.82 Å². The first-order valence-corrected chi connectivity index (χ1v) is 6.40.